The van der Waals surface area contributed by atoms with E-state index in [1.54, 1.807) is 14.2 Å². The van der Waals surface area contributed by atoms with Crippen LogP contribution in [0.2, 0.25) is 5.02 Å². The van der Waals surface area contributed by atoms with Crippen molar-refractivity contribution in [3.8, 4) is 11.5 Å². The van der Waals surface area contributed by atoms with Crippen LogP contribution in [-0.2, 0) is 17.6 Å². The zero-order chi connectivity index (χ0) is 20.4. The van der Waals surface area contributed by atoms with Crippen molar-refractivity contribution in [1.29, 1.82) is 0 Å². The quantitative estimate of drug-likeness (QED) is 0.449. The van der Waals surface area contributed by atoms with Gasteiger partial charge in [0.25, 0.3) is 0 Å². The topological polar surface area (TPSA) is 71.6 Å². The van der Waals surface area contributed by atoms with Gasteiger partial charge >= 0.3 is 0 Å². The van der Waals surface area contributed by atoms with Gasteiger partial charge in [-0.25, -0.2) is 0 Å². The lowest BCUT2D eigenvalue weighted by Gasteiger charge is -2.12. The average molecular weight is 422 g/mol. The molecule has 0 aliphatic heterocycles. The summed E-state index contributed by atoms with van der Waals surface area (Å²) in [5.74, 6) is 1.15. The minimum absolute atomic E-state index is 0.156. The van der Waals surface area contributed by atoms with Crippen LogP contribution < -0.4 is 25.6 Å². The minimum Gasteiger partial charge on any atom is -0.493 e. The summed E-state index contributed by atoms with van der Waals surface area (Å²) in [7, 11) is 3.17. The van der Waals surface area contributed by atoms with Crippen molar-refractivity contribution in [1.82, 2.24) is 16.2 Å². The molecule has 0 saturated carbocycles. The van der Waals surface area contributed by atoms with Crippen LogP contribution in [-0.4, -0.2) is 31.8 Å². The molecule has 2 rings (SSSR count). The van der Waals surface area contributed by atoms with E-state index in [-0.39, 0.29) is 5.91 Å². The highest BCUT2D eigenvalue weighted by Gasteiger charge is 2.07. The largest absolute Gasteiger partial charge is 0.493 e. The summed E-state index contributed by atoms with van der Waals surface area (Å²) in [4.78, 5) is 12.0. The molecular weight excluding hydrogens is 398 g/mol. The first-order valence-electron chi connectivity index (χ1n) is 8.80. The molecule has 0 atom stereocenters. The Labute approximate surface area is 175 Å². The molecule has 2 aromatic carbocycles. The van der Waals surface area contributed by atoms with E-state index in [2.05, 4.69) is 16.2 Å². The standard InChI is InChI=1S/C20H24ClN3O3S/c1-26-17-9-5-15(13-18(17)27-2)6-10-19(25)23-24-20(28)22-12-11-14-3-7-16(21)8-4-14/h3-5,7-9,13H,6,10-12H2,1-2H3,(H,23,25)(H2,22,24,28). The molecule has 0 saturated heterocycles. The van der Waals surface area contributed by atoms with E-state index in [1.165, 1.54) is 0 Å². The van der Waals surface area contributed by atoms with E-state index in [0.717, 1.165) is 17.5 Å². The minimum atomic E-state index is -0.156. The van der Waals surface area contributed by atoms with Crippen molar-refractivity contribution < 1.29 is 14.3 Å². The number of hydrogen-bond donors (Lipinski definition) is 3. The third-order valence-corrected chi connectivity index (χ3v) is 4.52. The number of thiocarbonyl (C=S) groups is 1. The first-order chi connectivity index (χ1) is 13.5. The maximum Gasteiger partial charge on any atom is 0.238 e. The normalized spacial score (nSPS) is 10.1. The number of nitrogens with one attached hydrogen (secondary N) is 3. The van der Waals surface area contributed by atoms with Crippen LogP contribution in [0.4, 0.5) is 0 Å². The number of aryl methyl sites for hydroxylation is 1. The number of methoxy groups -OCH3 is 2. The molecule has 0 bridgehead atoms. The number of hydrogen-bond acceptors (Lipinski definition) is 4. The lowest BCUT2D eigenvalue weighted by Crippen LogP contribution is -2.47. The second-order valence-electron chi connectivity index (χ2n) is 5.99. The van der Waals surface area contributed by atoms with Gasteiger partial charge in [-0.1, -0.05) is 29.8 Å². The predicted octanol–water partition coefficient (Wildman–Crippen LogP) is 3.03. The summed E-state index contributed by atoms with van der Waals surface area (Å²) in [5, 5.41) is 4.13. The first-order valence-corrected chi connectivity index (χ1v) is 9.58. The van der Waals surface area contributed by atoms with Crippen molar-refractivity contribution in [3.05, 3.63) is 58.6 Å². The van der Waals surface area contributed by atoms with E-state index >= 15 is 0 Å². The Morgan fingerprint density at radius 3 is 2.32 bits per heavy atom. The van der Waals surface area contributed by atoms with Crippen LogP contribution in [0.15, 0.2) is 42.5 Å². The molecule has 1 amide bonds. The number of carbonyl (C=O) groups excluding carboxylic acids is 1. The fraction of sp³-hybridized carbons (Fsp3) is 0.300. The zero-order valence-corrected chi connectivity index (χ0v) is 17.5. The second kappa shape index (κ2) is 11.4. The summed E-state index contributed by atoms with van der Waals surface area (Å²) in [5.41, 5.74) is 7.44. The molecule has 28 heavy (non-hydrogen) atoms. The van der Waals surface area contributed by atoms with Gasteiger partial charge in [0.2, 0.25) is 5.91 Å². The van der Waals surface area contributed by atoms with Crippen LogP contribution in [0, 0.1) is 0 Å². The number of benzene rings is 2. The van der Waals surface area contributed by atoms with Crippen molar-refractivity contribution in [2.75, 3.05) is 20.8 Å². The fourth-order valence-electron chi connectivity index (χ4n) is 2.50. The van der Waals surface area contributed by atoms with Gasteiger partial charge in [0.1, 0.15) is 0 Å². The molecular formula is C20H24ClN3O3S. The first kappa shape index (κ1) is 21.8. The highest BCUT2D eigenvalue weighted by atomic mass is 35.5. The maximum atomic E-state index is 12.0. The van der Waals surface area contributed by atoms with Gasteiger partial charge in [-0.2, -0.15) is 0 Å². The third kappa shape index (κ3) is 7.25. The average Bonchev–Trinajstić information content (AvgIpc) is 2.71. The molecule has 0 fully saturated rings. The molecule has 2 aromatic rings. The van der Waals surface area contributed by atoms with Crippen molar-refractivity contribution in [3.63, 3.8) is 0 Å². The van der Waals surface area contributed by atoms with E-state index in [1.807, 2.05) is 42.5 Å². The predicted molar refractivity (Wildman–Crippen MR) is 115 cm³/mol. The number of halogens is 1. The Kier molecular flexibility index (Phi) is 8.84. The molecule has 0 aliphatic carbocycles. The van der Waals surface area contributed by atoms with Crippen molar-refractivity contribution in [2.24, 2.45) is 0 Å². The molecule has 0 aromatic heterocycles. The molecule has 6 nitrogen and oxygen atoms in total. The molecule has 0 aliphatic rings. The fourth-order valence-corrected chi connectivity index (χ4v) is 2.78. The number of hydrazine groups is 1. The van der Waals surface area contributed by atoms with Crippen LogP contribution in [0.3, 0.4) is 0 Å². The number of carbonyl (C=O) groups is 1. The monoisotopic (exact) mass is 421 g/mol. The van der Waals surface area contributed by atoms with E-state index in [9.17, 15) is 4.79 Å². The molecule has 0 unspecified atom stereocenters. The lowest BCUT2D eigenvalue weighted by atomic mass is 10.1. The maximum absolute atomic E-state index is 12.0. The SMILES string of the molecule is COc1ccc(CCC(=O)NNC(=S)NCCc2ccc(Cl)cc2)cc1OC. The summed E-state index contributed by atoms with van der Waals surface area (Å²) in [6, 6.07) is 13.2. The van der Waals surface area contributed by atoms with Gasteiger partial charge in [-0.15, -0.1) is 0 Å². The highest BCUT2D eigenvalue weighted by Crippen LogP contribution is 2.27. The summed E-state index contributed by atoms with van der Waals surface area (Å²) >= 11 is 11.0. The number of rotatable bonds is 8. The molecule has 8 heteroatoms. The zero-order valence-electron chi connectivity index (χ0n) is 15.9. The summed E-state index contributed by atoms with van der Waals surface area (Å²) < 4.78 is 10.5. The number of amides is 1. The van der Waals surface area contributed by atoms with E-state index < -0.39 is 0 Å². The van der Waals surface area contributed by atoms with Crippen LogP contribution >= 0.6 is 23.8 Å². The molecule has 0 radical (unpaired) electrons. The van der Waals surface area contributed by atoms with Gasteiger partial charge < -0.3 is 14.8 Å². The molecule has 0 heterocycles. The van der Waals surface area contributed by atoms with E-state index in [4.69, 9.17) is 33.3 Å². The third-order valence-electron chi connectivity index (χ3n) is 4.02. The van der Waals surface area contributed by atoms with Crippen LogP contribution in [0.25, 0.3) is 0 Å². The van der Waals surface area contributed by atoms with Crippen molar-refractivity contribution >= 4 is 34.8 Å². The van der Waals surface area contributed by atoms with Crippen LogP contribution in [0.5, 0.6) is 11.5 Å². The molecule has 0 spiro atoms. The number of ether oxygens (including phenoxy) is 2. The Balaban J connectivity index is 1.66. The van der Waals surface area contributed by atoms with Gasteiger partial charge in [0.05, 0.1) is 14.2 Å². The van der Waals surface area contributed by atoms with Crippen LogP contribution in [0.1, 0.15) is 17.5 Å². The second-order valence-corrected chi connectivity index (χ2v) is 6.84. The lowest BCUT2D eigenvalue weighted by molar-refractivity contribution is -0.121. The van der Waals surface area contributed by atoms with E-state index in [0.29, 0.717) is 41.0 Å². The van der Waals surface area contributed by atoms with Gasteiger partial charge in [-0.3, -0.25) is 15.6 Å². The Bertz CT molecular complexity index is 800. The highest BCUT2D eigenvalue weighted by molar-refractivity contribution is 7.80. The Morgan fingerprint density at radius 1 is 0.964 bits per heavy atom. The smallest absolute Gasteiger partial charge is 0.238 e. The summed E-state index contributed by atoms with van der Waals surface area (Å²) in [6.45, 7) is 0.648. The van der Waals surface area contributed by atoms with Gasteiger partial charge in [0.15, 0.2) is 16.6 Å². The van der Waals surface area contributed by atoms with Crippen molar-refractivity contribution in [2.45, 2.75) is 19.3 Å². The molecule has 150 valence electrons. The Morgan fingerprint density at radius 2 is 1.64 bits per heavy atom. The van der Waals surface area contributed by atoms with Gasteiger partial charge in [0, 0.05) is 18.0 Å². The Hall–Kier alpha value is -2.51. The summed E-state index contributed by atoms with van der Waals surface area (Å²) in [6.07, 6.45) is 1.69. The van der Waals surface area contributed by atoms with Gasteiger partial charge in [-0.05, 0) is 60.5 Å². The molecule has 3 N–H and O–H groups in total.